The zero-order valence-corrected chi connectivity index (χ0v) is 11.1. The van der Waals surface area contributed by atoms with Crippen LogP contribution in [-0.2, 0) is 4.79 Å². The van der Waals surface area contributed by atoms with Gasteiger partial charge in [-0.05, 0) is 32.8 Å². The van der Waals surface area contributed by atoms with Gasteiger partial charge in [-0.2, -0.15) is 0 Å². The van der Waals surface area contributed by atoms with E-state index in [1.165, 1.54) is 0 Å². The normalized spacial score (nSPS) is 14.4. The van der Waals surface area contributed by atoms with Crippen LogP contribution in [0.15, 0.2) is 18.2 Å². The van der Waals surface area contributed by atoms with Crippen molar-refractivity contribution in [1.82, 2.24) is 5.32 Å². The summed E-state index contributed by atoms with van der Waals surface area (Å²) in [5.74, 6) is -0.324. The summed E-state index contributed by atoms with van der Waals surface area (Å²) < 4.78 is 0. The Morgan fingerprint density at radius 1 is 1.29 bits per heavy atom. The van der Waals surface area contributed by atoms with Crippen molar-refractivity contribution in [2.75, 3.05) is 0 Å². The molecule has 0 spiro atoms. The van der Waals surface area contributed by atoms with E-state index in [2.05, 4.69) is 25.2 Å². The van der Waals surface area contributed by atoms with Crippen molar-refractivity contribution in [2.24, 2.45) is 5.73 Å². The lowest BCUT2D eigenvalue weighted by molar-refractivity contribution is -0.120. The molecule has 0 aliphatic heterocycles. The van der Waals surface area contributed by atoms with E-state index in [4.69, 9.17) is 5.73 Å². The molecule has 0 saturated carbocycles. The molecule has 1 aromatic rings. The third-order valence-electron chi connectivity index (χ3n) is 2.93. The molecule has 17 heavy (non-hydrogen) atoms. The molecule has 1 amide bonds. The quantitative estimate of drug-likeness (QED) is 0.820. The van der Waals surface area contributed by atoms with E-state index in [-0.39, 0.29) is 11.9 Å². The molecular formula is C14H22N2O. The minimum atomic E-state index is -0.399. The highest BCUT2D eigenvalue weighted by Gasteiger charge is 2.19. The highest BCUT2D eigenvalue weighted by Crippen LogP contribution is 2.17. The first-order valence-corrected chi connectivity index (χ1v) is 6.07. The van der Waals surface area contributed by atoms with E-state index in [1.54, 1.807) is 0 Å². The summed E-state index contributed by atoms with van der Waals surface area (Å²) in [7, 11) is 0. The Hall–Kier alpha value is -1.35. The number of aryl methyl sites for hydroxylation is 2. The maximum Gasteiger partial charge on any atom is 0.239 e. The molecule has 1 aromatic carbocycles. The molecule has 2 atom stereocenters. The Kier molecular flexibility index (Phi) is 4.70. The number of benzene rings is 1. The molecule has 3 heteroatoms. The van der Waals surface area contributed by atoms with E-state index in [9.17, 15) is 4.79 Å². The van der Waals surface area contributed by atoms with Gasteiger partial charge < -0.3 is 5.73 Å². The second-order valence-corrected chi connectivity index (χ2v) is 4.73. The van der Waals surface area contributed by atoms with Gasteiger partial charge in [0.15, 0.2) is 0 Å². The summed E-state index contributed by atoms with van der Waals surface area (Å²) in [6.07, 6.45) is 0.967. The van der Waals surface area contributed by atoms with Gasteiger partial charge in [-0.3, -0.25) is 10.1 Å². The Morgan fingerprint density at radius 2 is 1.82 bits per heavy atom. The molecule has 0 fully saturated rings. The van der Waals surface area contributed by atoms with Crippen LogP contribution in [0.2, 0.25) is 0 Å². The zero-order valence-electron chi connectivity index (χ0n) is 11.1. The van der Waals surface area contributed by atoms with Gasteiger partial charge in [-0.15, -0.1) is 0 Å². The summed E-state index contributed by atoms with van der Waals surface area (Å²) in [5.41, 5.74) is 8.72. The average Bonchev–Trinajstić information content (AvgIpc) is 2.23. The third-order valence-corrected chi connectivity index (χ3v) is 2.93. The maximum absolute atomic E-state index is 11.5. The number of carbonyl (C=O) groups is 1. The number of nitrogens with two attached hydrogens (primary N) is 1. The van der Waals surface area contributed by atoms with Gasteiger partial charge >= 0.3 is 0 Å². The first kappa shape index (κ1) is 13.7. The number of nitrogens with one attached hydrogen (secondary N) is 1. The van der Waals surface area contributed by atoms with Crippen molar-refractivity contribution < 1.29 is 4.79 Å². The van der Waals surface area contributed by atoms with Crippen molar-refractivity contribution in [1.29, 1.82) is 0 Å². The predicted molar refractivity (Wildman–Crippen MR) is 70.7 cm³/mol. The van der Waals surface area contributed by atoms with Gasteiger partial charge in [-0.1, -0.05) is 36.2 Å². The van der Waals surface area contributed by atoms with Crippen molar-refractivity contribution in [3.8, 4) is 0 Å². The molecule has 0 saturated heterocycles. The number of hydrogen-bond donors (Lipinski definition) is 2. The summed E-state index contributed by atoms with van der Waals surface area (Å²) in [5, 5.41) is 3.26. The summed E-state index contributed by atoms with van der Waals surface area (Å²) in [4.78, 5) is 11.5. The fourth-order valence-corrected chi connectivity index (χ4v) is 1.92. The van der Waals surface area contributed by atoms with Gasteiger partial charge in [0.05, 0.1) is 0 Å². The summed E-state index contributed by atoms with van der Waals surface area (Å²) >= 11 is 0. The maximum atomic E-state index is 11.5. The predicted octanol–water partition coefficient (Wildman–Crippen LogP) is 2.22. The van der Waals surface area contributed by atoms with Crippen LogP contribution in [0.4, 0.5) is 0 Å². The van der Waals surface area contributed by atoms with Crippen LogP contribution in [-0.4, -0.2) is 11.9 Å². The van der Waals surface area contributed by atoms with Crippen LogP contribution in [0.5, 0.6) is 0 Å². The largest absolute Gasteiger partial charge is 0.368 e. The molecule has 2 unspecified atom stereocenters. The lowest BCUT2D eigenvalue weighted by Crippen LogP contribution is -2.38. The number of rotatable bonds is 5. The van der Waals surface area contributed by atoms with Crippen LogP contribution < -0.4 is 11.1 Å². The lowest BCUT2D eigenvalue weighted by Gasteiger charge is -2.21. The fourth-order valence-electron chi connectivity index (χ4n) is 1.92. The monoisotopic (exact) mass is 234 g/mol. The average molecular weight is 234 g/mol. The van der Waals surface area contributed by atoms with Gasteiger partial charge in [0, 0.05) is 6.04 Å². The van der Waals surface area contributed by atoms with Crippen LogP contribution in [0.3, 0.4) is 0 Å². The minimum Gasteiger partial charge on any atom is -0.368 e. The van der Waals surface area contributed by atoms with E-state index < -0.39 is 6.04 Å². The molecule has 3 nitrogen and oxygen atoms in total. The highest BCUT2D eigenvalue weighted by molar-refractivity contribution is 5.81. The number of amides is 1. The highest BCUT2D eigenvalue weighted by atomic mass is 16.1. The molecule has 0 bridgehead atoms. The van der Waals surface area contributed by atoms with Crippen molar-refractivity contribution in [3.05, 3.63) is 34.9 Å². The first-order chi connectivity index (χ1) is 7.93. The topological polar surface area (TPSA) is 55.1 Å². The summed E-state index contributed by atoms with van der Waals surface area (Å²) in [6, 6.07) is 5.98. The smallest absolute Gasteiger partial charge is 0.239 e. The fraction of sp³-hybridized carbons (Fsp3) is 0.500. The zero-order chi connectivity index (χ0) is 13.0. The van der Waals surface area contributed by atoms with Crippen LogP contribution >= 0.6 is 0 Å². The molecule has 3 N–H and O–H groups in total. The number of hydrogen-bond acceptors (Lipinski definition) is 2. The minimum absolute atomic E-state index is 0.272. The SMILES string of the molecule is CCC(C)NC(C(N)=O)c1cc(C)cc(C)c1. The lowest BCUT2D eigenvalue weighted by atomic mass is 10.00. The van der Waals surface area contributed by atoms with Crippen LogP contribution in [0.25, 0.3) is 0 Å². The molecular weight excluding hydrogens is 212 g/mol. The summed E-state index contributed by atoms with van der Waals surface area (Å²) in [6.45, 7) is 8.19. The number of carbonyl (C=O) groups excluding carboxylic acids is 1. The van der Waals surface area contributed by atoms with Gasteiger partial charge in [0.1, 0.15) is 6.04 Å². The van der Waals surface area contributed by atoms with Crippen molar-refractivity contribution in [3.63, 3.8) is 0 Å². The second kappa shape index (κ2) is 5.82. The van der Waals surface area contributed by atoms with E-state index in [1.807, 2.05) is 26.0 Å². The van der Waals surface area contributed by atoms with Crippen molar-refractivity contribution >= 4 is 5.91 Å². The van der Waals surface area contributed by atoms with Crippen LogP contribution in [0.1, 0.15) is 43.0 Å². The van der Waals surface area contributed by atoms with E-state index >= 15 is 0 Å². The molecule has 0 radical (unpaired) electrons. The molecule has 0 heterocycles. The van der Waals surface area contributed by atoms with Crippen LogP contribution in [0, 0.1) is 13.8 Å². The standard InChI is InChI=1S/C14H22N2O/c1-5-11(4)16-13(14(15)17)12-7-9(2)6-10(3)8-12/h6-8,11,13,16H,5H2,1-4H3,(H2,15,17). The van der Waals surface area contributed by atoms with Crippen molar-refractivity contribution in [2.45, 2.75) is 46.2 Å². The molecule has 0 aromatic heterocycles. The Bertz CT molecular complexity index is 381. The first-order valence-electron chi connectivity index (χ1n) is 6.07. The van der Waals surface area contributed by atoms with Gasteiger partial charge in [0.2, 0.25) is 5.91 Å². The molecule has 0 aliphatic rings. The second-order valence-electron chi connectivity index (χ2n) is 4.73. The number of primary amides is 1. The van der Waals surface area contributed by atoms with Gasteiger partial charge in [0.25, 0.3) is 0 Å². The molecule has 0 aliphatic carbocycles. The molecule has 1 rings (SSSR count). The van der Waals surface area contributed by atoms with Gasteiger partial charge in [-0.25, -0.2) is 0 Å². The Balaban J connectivity index is 3.01. The molecule has 94 valence electrons. The van der Waals surface area contributed by atoms with E-state index in [0.717, 1.165) is 23.1 Å². The Labute approximate surface area is 103 Å². The Morgan fingerprint density at radius 3 is 2.24 bits per heavy atom. The third kappa shape index (κ3) is 3.86. The van der Waals surface area contributed by atoms with E-state index in [0.29, 0.717) is 0 Å².